The fourth-order valence-electron chi connectivity index (χ4n) is 2.71. The number of carbonyl (C=O) groups excluding carboxylic acids is 4. The van der Waals surface area contributed by atoms with Crippen LogP contribution in [0.2, 0.25) is 0 Å². The number of esters is 1. The first kappa shape index (κ1) is 24.4. The van der Waals surface area contributed by atoms with E-state index in [0.717, 1.165) is 4.90 Å². The molecule has 32 heavy (non-hydrogen) atoms. The van der Waals surface area contributed by atoms with Crippen LogP contribution in [0.25, 0.3) is 0 Å². The molecule has 1 unspecified atom stereocenters. The maximum atomic E-state index is 12.2. The molecule has 0 bridgehead atoms. The van der Waals surface area contributed by atoms with Crippen LogP contribution >= 0.6 is 0 Å². The van der Waals surface area contributed by atoms with Gasteiger partial charge in [0.15, 0.2) is 6.61 Å². The zero-order chi connectivity index (χ0) is 23.5. The average molecular weight is 441 g/mol. The number of hydrogen-bond donors (Lipinski definition) is 2. The van der Waals surface area contributed by atoms with E-state index in [4.69, 9.17) is 9.47 Å². The maximum Gasteiger partial charge on any atom is 0.308 e. The number of carbonyl (C=O) groups is 4. The van der Waals surface area contributed by atoms with Gasteiger partial charge >= 0.3 is 5.97 Å². The van der Waals surface area contributed by atoms with Gasteiger partial charge in [-0.25, -0.2) is 0 Å². The van der Waals surface area contributed by atoms with E-state index in [9.17, 15) is 19.2 Å². The van der Waals surface area contributed by atoms with Gasteiger partial charge in [-0.1, -0.05) is 24.3 Å². The summed E-state index contributed by atoms with van der Waals surface area (Å²) >= 11 is 0. The van der Waals surface area contributed by atoms with Crippen molar-refractivity contribution in [3.8, 4) is 5.75 Å². The van der Waals surface area contributed by atoms with Crippen molar-refractivity contribution in [3.05, 3.63) is 60.2 Å². The molecular formula is C23H27N3O6. The number of methoxy groups -OCH3 is 1. The fraction of sp³-hybridized carbons (Fsp3) is 0.304. The normalized spacial score (nSPS) is 11.1. The predicted molar refractivity (Wildman–Crippen MR) is 118 cm³/mol. The number of nitrogens with zero attached hydrogens (tertiary/aromatic N) is 1. The topological polar surface area (TPSA) is 114 Å². The van der Waals surface area contributed by atoms with Gasteiger partial charge in [-0.05, 0) is 31.2 Å². The van der Waals surface area contributed by atoms with Gasteiger partial charge in [-0.15, -0.1) is 0 Å². The minimum absolute atomic E-state index is 0.0914. The van der Waals surface area contributed by atoms with Gasteiger partial charge in [-0.2, -0.15) is 0 Å². The molecule has 0 saturated heterocycles. The summed E-state index contributed by atoms with van der Waals surface area (Å²) in [7, 11) is 2.96. The Morgan fingerprint density at radius 1 is 1.03 bits per heavy atom. The molecule has 0 radical (unpaired) electrons. The quantitative estimate of drug-likeness (QED) is 0.544. The van der Waals surface area contributed by atoms with Crippen LogP contribution in [0.1, 0.15) is 23.7 Å². The number of benzene rings is 2. The van der Waals surface area contributed by atoms with Gasteiger partial charge < -0.3 is 25.0 Å². The molecule has 9 heteroatoms. The highest BCUT2D eigenvalue weighted by Crippen LogP contribution is 2.16. The van der Waals surface area contributed by atoms with Gasteiger partial charge in [0.05, 0.1) is 20.1 Å². The third-order valence-electron chi connectivity index (χ3n) is 4.40. The van der Waals surface area contributed by atoms with E-state index in [1.165, 1.54) is 14.2 Å². The molecule has 0 aliphatic rings. The lowest BCUT2D eigenvalue weighted by Gasteiger charge is -2.17. The van der Waals surface area contributed by atoms with Crippen LogP contribution in [-0.2, 0) is 19.1 Å². The van der Waals surface area contributed by atoms with Crippen molar-refractivity contribution in [2.75, 3.05) is 32.6 Å². The van der Waals surface area contributed by atoms with Crippen LogP contribution in [0, 0.1) is 0 Å². The summed E-state index contributed by atoms with van der Waals surface area (Å²) in [6, 6.07) is 15.0. The number of amides is 3. The van der Waals surface area contributed by atoms with Crippen LogP contribution in [0.5, 0.6) is 5.75 Å². The van der Waals surface area contributed by atoms with Gasteiger partial charge in [-0.3, -0.25) is 19.2 Å². The van der Waals surface area contributed by atoms with Gasteiger partial charge in [0.25, 0.3) is 11.8 Å². The van der Waals surface area contributed by atoms with Crippen molar-refractivity contribution in [3.63, 3.8) is 0 Å². The van der Waals surface area contributed by atoms with E-state index in [1.807, 2.05) is 0 Å². The Balaban J connectivity index is 1.71. The predicted octanol–water partition coefficient (Wildman–Crippen LogP) is 1.84. The number of anilines is 1. The fourth-order valence-corrected chi connectivity index (χ4v) is 2.71. The first-order valence-corrected chi connectivity index (χ1v) is 9.98. The average Bonchev–Trinajstić information content (AvgIpc) is 2.77. The number of likely N-dealkylation sites (N-methyl/N-ethyl adjacent to an activating group) is 1. The molecular weight excluding hydrogens is 414 g/mol. The van der Waals surface area contributed by atoms with E-state index < -0.39 is 30.4 Å². The molecule has 2 aromatic carbocycles. The molecule has 2 N–H and O–H groups in total. The molecule has 0 aliphatic heterocycles. The third-order valence-corrected chi connectivity index (χ3v) is 4.40. The van der Waals surface area contributed by atoms with E-state index in [1.54, 1.807) is 61.5 Å². The Morgan fingerprint density at radius 3 is 2.44 bits per heavy atom. The van der Waals surface area contributed by atoms with E-state index in [-0.39, 0.29) is 18.9 Å². The van der Waals surface area contributed by atoms with Gasteiger partial charge in [0.2, 0.25) is 5.91 Å². The molecule has 0 aliphatic carbocycles. The van der Waals surface area contributed by atoms with Crippen molar-refractivity contribution in [1.82, 2.24) is 10.2 Å². The van der Waals surface area contributed by atoms with Crippen molar-refractivity contribution in [2.24, 2.45) is 0 Å². The third kappa shape index (κ3) is 8.10. The Labute approximate surface area is 186 Å². The van der Waals surface area contributed by atoms with Crippen LogP contribution in [-0.4, -0.2) is 61.9 Å². The highest BCUT2D eigenvalue weighted by Gasteiger charge is 2.18. The molecule has 2 aromatic rings. The van der Waals surface area contributed by atoms with Crippen molar-refractivity contribution < 1.29 is 28.7 Å². The van der Waals surface area contributed by atoms with Crippen molar-refractivity contribution in [2.45, 2.75) is 19.4 Å². The van der Waals surface area contributed by atoms with Gasteiger partial charge in [0, 0.05) is 30.4 Å². The molecule has 1 atom stereocenters. The molecule has 0 heterocycles. The van der Waals surface area contributed by atoms with Crippen LogP contribution < -0.4 is 15.4 Å². The maximum absolute atomic E-state index is 12.2. The molecule has 9 nitrogen and oxygen atoms in total. The molecule has 170 valence electrons. The highest BCUT2D eigenvalue weighted by atomic mass is 16.5. The van der Waals surface area contributed by atoms with Crippen LogP contribution in [0.15, 0.2) is 54.6 Å². The first-order chi connectivity index (χ1) is 15.3. The molecule has 3 amide bonds. The summed E-state index contributed by atoms with van der Waals surface area (Å²) in [6.45, 7) is 0.956. The smallest absolute Gasteiger partial charge is 0.308 e. The monoisotopic (exact) mass is 441 g/mol. The number of ether oxygens (including phenoxy) is 2. The zero-order valence-corrected chi connectivity index (χ0v) is 18.3. The second kappa shape index (κ2) is 12.1. The lowest BCUT2D eigenvalue weighted by Crippen LogP contribution is -2.38. The Hall–Kier alpha value is -3.88. The highest BCUT2D eigenvalue weighted by molar-refractivity contribution is 5.95. The van der Waals surface area contributed by atoms with Crippen LogP contribution in [0.4, 0.5) is 5.69 Å². The van der Waals surface area contributed by atoms with Crippen molar-refractivity contribution >= 4 is 29.4 Å². The molecule has 2 rings (SSSR count). The largest absolute Gasteiger partial charge is 0.497 e. The summed E-state index contributed by atoms with van der Waals surface area (Å²) in [5.41, 5.74) is 1.02. The number of rotatable bonds is 10. The summed E-state index contributed by atoms with van der Waals surface area (Å²) < 4.78 is 10.1. The minimum atomic E-state index is -0.631. The minimum Gasteiger partial charge on any atom is -0.497 e. The number of nitrogens with one attached hydrogen (secondary N) is 2. The summed E-state index contributed by atoms with van der Waals surface area (Å²) in [5.74, 6) is -1.27. The molecule has 0 saturated carbocycles. The Morgan fingerprint density at radius 2 is 1.75 bits per heavy atom. The lowest BCUT2D eigenvalue weighted by molar-refractivity contribution is -0.152. The Kier molecular flexibility index (Phi) is 9.22. The van der Waals surface area contributed by atoms with E-state index in [2.05, 4.69) is 10.6 Å². The zero-order valence-electron chi connectivity index (χ0n) is 18.3. The molecule has 0 fully saturated rings. The molecule has 0 aromatic heterocycles. The first-order valence-electron chi connectivity index (χ1n) is 9.98. The second-order valence-corrected chi connectivity index (χ2v) is 7.14. The summed E-state index contributed by atoms with van der Waals surface area (Å²) in [6.07, 6.45) is -0.0914. The van der Waals surface area contributed by atoms with Gasteiger partial charge in [0.1, 0.15) is 5.75 Å². The van der Waals surface area contributed by atoms with E-state index in [0.29, 0.717) is 17.0 Å². The summed E-state index contributed by atoms with van der Waals surface area (Å²) in [4.78, 5) is 49.5. The van der Waals surface area contributed by atoms with Crippen molar-refractivity contribution in [1.29, 1.82) is 0 Å². The molecule has 0 spiro atoms. The number of hydrogen-bond acceptors (Lipinski definition) is 6. The Bertz CT molecular complexity index is 948. The van der Waals surface area contributed by atoms with Crippen LogP contribution in [0.3, 0.4) is 0 Å². The lowest BCUT2D eigenvalue weighted by atomic mass is 10.2. The standard InChI is InChI=1S/C23H27N3O6/c1-16(24-23(30)17-8-5-4-6-9-17)12-22(29)32-15-21(28)26(2)14-20(27)25-18-10-7-11-19(13-18)31-3/h4-11,13,16H,12,14-15H2,1-3H3,(H,24,30)(H,25,27). The summed E-state index contributed by atoms with van der Waals surface area (Å²) in [5, 5.41) is 5.36. The SMILES string of the molecule is COc1cccc(NC(=O)CN(C)C(=O)COC(=O)CC(C)NC(=O)c2ccccc2)c1. The van der Waals surface area contributed by atoms with E-state index >= 15 is 0 Å². The second-order valence-electron chi connectivity index (χ2n) is 7.14.